The highest BCUT2D eigenvalue weighted by molar-refractivity contribution is 5.02. The molecule has 0 aromatic carbocycles. The summed E-state index contributed by atoms with van der Waals surface area (Å²) in [4.78, 5) is 0. The molecular formula is C13H27N. The highest BCUT2D eigenvalue weighted by atomic mass is 14.9. The Morgan fingerprint density at radius 1 is 1.36 bits per heavy atom. The smallest absolute Gasteiger partial charge is 0.00149 e. The quantitative estimate of drug-likeness (QED) is 0.689. The summed E-state index contributed by atoms with van der Waals surface area (Å²) >= 11 is 0. The van der Waals surface area contributed by atoms with Crippen molar-refractivity contribution in [3.8, 4) is 0 Å². The zero-order valence-corrected chi connectivity index (χ0v) is 10.6. The lowest BCUT2D eigenvalue weighted by Gasteiger charge is -2.19. The number of nitrogens with one attached hydrogen (secondary N) is 1. The molecule has 84 valence electrons. The number of hydrogen-bond acceptors (Lipinski definition) is 1. The van der Waals surface area contributed by atoms with E-state index in [4.69, 9.17) is 0 Å². The molecule has 0 radical (unpaired) electrons. The topological polar surface area (TPSA) is 12.0 Å². The van der Waals surface area contributed by atoms with Crippen molar-refractivity contribution in [2.75, 3.05) is 13.1 Å². The monoisotopic (exact) mass is 197 g/mol. The second-order valence-electron chi connectivity index (χ2n) is 5.77. The molecule has 3 atom stereocenters. The molecular weight excluding hydrogens is 170 g/mol. The molecule has 3 unspecified atom stereocenters. The van der Waals surface area contributed by atoms with E-state index in [0.717, 1.165) is 17.8 Å². The molecule has 1 N–H and O–H groups in total. The van der Waals surface area contributed by atoms with Crippen LogP contribution in [0.5, 0.6) is 0 Å². The van der Waals surface area contributed by atoms with Crippen molar-refractivity contribution in [2.45, 2.75) is 47.5 Å². The summed E-state index contributed by atoms with van der Waals surface area (Å²) in [5, 5.41) is 3.58. The lowest BCUT2D eigenvalue weighted by atomic mass is 9.88. The van der Waals surface area contributed by atoms with Crippen molar-refractivity contribution in [3.63, 3.8) is 0 Å². The van der Waals surface area contributed by atoms with Gasteiger partial charge in [0.2, 0.25) is 0 Å². The van der Waals surface area contributed by atoms with Crippen LogP contribution in [0.3, 0.4) is 0 Å². The SMILES string of the molecule is CCC(C)C1(C)CC1CNCC(C)C. The fraction of sp³-hybridized carbons (Fsp3) is 1.00. The molecule has 1 fully saturated rings. The van der Waals surface area contributed by atoms with Gasteiger partial charge in [-0.3, -0.25) is 0 Å². The fourth-order valence-electron chi connectivity index (χ4n) is 2.39. The van der Waals surface area contributed by atoms with Gasteiger partial charge >= 0.3 is 0 Å². The van der Waals surface area contributed by atoms with Crippen molar-refractivity contribution in [2.24, 2.45) is 23.2 Å². The average Bonchev–Trinajstić information content (AvgIpc) is 2.77. The number of rotatable bonds is 6. The Morgan fingerprint density at radius 3 is 2.50 bits per heavy atom. The van der Waals surface area contributed by atoms with Crippen LogP contribution >= 0.6 is 0 Å². The highest BCUT2D eigenvalue weighted by Gasteiger charge is 2.51. The van der Waals surface area contributed by atoms with E-state index in [1.165, 1.54) is 25.9 Å². The Bertz CT molecular complexity index is 176. The van der Waals surface area contributed by atoms with Gasteiger partial charge in [0.1, 0.15) is 0 Å². The normalized spacial score (nSPS) is 33.4. The van der Waals surface area contributed by atoms with Crippen molar-refractivity contribution in [1.82, 2.24) is 5.32 Å². The van der Waals surface area contributed by atoms with Crippen LogP contribution in [-0.4, -0.2) is 13.1 Å². The zero-order valence-electron chi connectivity index (χ0n) is 10.6. The minimum atomic E-state index is 0.652. The van der Waals surface area contributed by atoms with E-state index < -0.39 is 0 Å². The molecule has 1 aliphatic carbocycles. The second kappa shape index (κ2) is 4.65. The van der Waals surface area contributed by atoms with Gasteiger partial charge in [-0.25, -0.2) is 0 Å². The Morgan fingerprint density at radius 2 is 2.00 bits per heavy atom. The Labute approximate surface area is 89.7 Å². The molecule has 0 amide bonds. The van der Waals surface area contributed by atoms with Gasteiger partial charge in [-0.15, -0.1) is 0 Å². The van der Waals surface area contributed by atoms with Crippen LogP contribution in [0.15, 0.2) is 0 Å². The molecule has 0 spiro atoms. The van der Waals surface area contributed by atoms with E-state index in [-0.39, 0.29) is 0 Å². The van der Waals surface area contributed by atoms with Crippen LogP contribution in [0.25, 0.3) is 0 Å². The summed E-state index contributed by atoms with van der Waals surface area (Å²) in [7, 11) is 0. The molecule has 1 nitrogen and oxygen atoms in total. The fourth-order valence-corrected chi connectivity index (χ4v) is 2.39. The molecule has 0 bridgehead atoms. The van der Waals surface area contributed by atoms with E-state index in [1.807, 2.05) is 0 Å². The first-order valence-electron chi connectivity index (χ1n) is 6.21. The third-order valence-corrected chi connectivity index (χ3v) is 4.14. The van der Waals surface area contributed by atoms with Crippen molar-refractivity contribution < 1.29 is 0 Å². The van der Waals surface area contributed by atoms with Crippen molar-refractivity contribution in [1.29, 1.82) is 0 Å². The Hall–Kier alpha value is -0.0400. The Kier molecular flexibility index (Phi) is 4.00. The molecule has 0 saturated heterocycles. The maximum absolute atomic E-state index is 3.58. The second-order valence-corrected chi connectivity index (χ2v) is 5.77. The first-order chi connectivity index (χ1) is 6.50. The molecule has 1 rings (SSSR count). The molecule has 1 heteroatoms. The van der Waals surface area contributed by atoms with Gasteiger partial charge in [-0.2, -0.15) is 0 Å². The maximum Gasteiger partial charge on any atom is -0.00149 e. The van der Waals surface area contributed by atoms with E-state index in [1.54, 1.807) is 0 Å². The van der Waals surface area contributed by atoms with Crippen LogP contribution in [0.4, 0.5) is 0 Å². The zero-order chi connectivity index (χ0) is 10.8. The summed E-state index contributed by atoms with van der Waals surface area (Å²) in [6.45, 7) is 14.1. The van der Waals surface area contributed by atoms with Crippen LogP contribution < -0.4 is 5.32 Å². The van der Waals surface area contributed by atoms with Gasteiger partial charge < -0.3 is 5.32 Å². The summed E-state index contributed by atoms with van der Waals surface area (Å²) < 4.78 is 0. The molecule has 0 aromatic heterocycles. The van der Waals surface area contributed by atoms with E-state index in [9.17, 15) is 0 Å². The van der Waals surface area contributed by atoms with E-state index >= 15 is 0 Å². The summed E-state index contributed by atoms with van der Waals surface area (Å²) in [5.74, 6) is 2.62. The maximum atomic E-state index is 3.58. The van der Waals surface area contributed by atoms with Gasteiger partial charge in [-0.05, 0) is 42.7 Å². The van der Waals surface area contributed by atoms with Crippen molar-refractivity contribution in [3.05, 3.63) is 0 Å². The molecule has 0 aromatic rings. The molecule has 1 saturated carbocycles. The van der Waals surface area contributed by atoms with E-state index in [2.05, 4.69) is 39.9 Å². The Balaban J connectivity index is 2.18. The highest BCUT2D eigenvalue weighted by Crippen LogP contribution is 2.57. The lowest BCUT2D eigenvalue weighted by Crippen LogP contribution is -2.24. The van der Waals surface area contributed by atoms with Crippen LogP contribution in [0.2, 0.25) is 0 Å². The third kappa shape index (κ3) is 2.73. The predicted molar refractivity (Wildman–Crippen MR) is 63.4 cm³/mol. The van der Waals surface area contributed by atoms with Gasteiger partial charge in [0.25, 0.3) is 0 Å². The van der Waals surface area contributed by atoms with Gasteiger partial charge in [0.15, 0.2) is 0 Å². The van der Waals surface area contributed by atoms with Crippen LogP contribution in [0, 0.1) is 23.2 Å². The standard InChI is InChI=1S/C13H27N/c1-6-11(4)13(5)7-12(13)9-14-8-10(2)3/h10-12,14H,6-9H2,1-5H3. The molecule has 0 aliphatic heterocycles. The summed E-state index contributed by atoms with van der Waals surface area (Å²) in [6.07, 6.45) is 2.77. The molecule has 1 aliphatic rings. The molecule has 14 heavy (non-hydrogen) atoms. The van der Waals surface area contributed by atoms with Gasteiger partial charge in [0, 0.05) is 0 Å². The summed E-state index contributed by atoms with van der Waals surface area (Å²) in [5.41, 5.74) is 0.652. The third-order valence-electron chi connectivity index (χ3n) is 4.14. The van der Waals surface area contributed by atoms with Gasteiger partial charge in [0.05, 0.1) is 0 Å². The number of hydrogen-bond donors (Lipinski definition) is 1. The first-order valence-corrected chi connectivity index (χ1v) is 6.21. The molecule has 0 heterocycles. The van der Waals surface area contributed by atoms with Crippen LogP contribution in [0.1, 0.15) is 47.5 Å². The largest absolute Gasteiger partial charge is 0.316 e. The summed E-state index contributed by atoms with van der Waals surface area (Å²) in [6, 6.07) is 0. The predicted octanol–water partition coefficient (Wildman–Crippen LogP) is 3.30. The van der Waals surface area contributed by atoms with Gasteiger partial charge in [-0.1, -0.05) is 41.0 Å². The first kappa shape index (κ1) is 12.0. The van der Waals surface area contributed by atoms with E-state index in [0.29, 0.717) is 5.41 Å². The van der Waals surface area contributed by atoms with Crippen LogP contribution in [-0.2, 0) is 0 Å². The van der Waals surface area contributed by atoms with Crippen molar-refractivity contribution >= 4 is 0 Å². The minimum absolute atomic E-state index is 0.652. The average molecular weight is 197 g/mol. The minimum Gasteiger partial charge on any atom is -0.316 e. The lowest BCUT2D eigenvalue weighted by molar-refractivity contribution is 0.316.